The fourth-order valence-electron chi connectivity index (χ4n) is 4.85. The summed E-state index contributed by atoms with van der Waals surface area (Å²) in [5.41, 5.74) is 13.8. The van der Waals surface area contributed by atoms with E-state index in [1.165, 1.54) is 55.6 Å². The van der Waals surface area contributed by atoms with Crippen molar-refractivity contribution in [2.75, 3.05) is 13.1 Å². The molecule has 0 bridgehead atoms. The first-order valence-electron chi connectivity index (χ1n) is 13.6. The molecule has 0 spiro atoms. The number of nitrogens with zero attached hydrogens (tertiary/aromatic N) is 4. The summed E-state index contributed by atoms with van der Waals surface area (Å²) in [6.45, 7) is 35.1. The topological polar surface area (TPSA) is 13.0 Å². The van der Waals surface area contributed by atoms with Crippen LogP contribution in [-0.4, -0.2) is 32.7 Å². The van der Waals surface area contributed by atoms with Crippen LogP contribution >= 0.6 is 26.0 Å². The van der Waals surface area contributed by atoms with Crippen LogP contribution in [0.15, 0.2) is 62.2 Å². The van der Waals surface area contributed by atoms with Crippen LogP contribution in [0.2, 0.25) is 0 Å². The van der Waals surface area contributed by atoms with E-state index >= 15 is 0 Å². The molecule has 4 radical (unpaired) electrons. The van der Waals surface area contributed by atoms with E-state index in [1.54, 1.807) is 0 Å². The Labute approximate surface area is 293 Å². The Kier molecular flexibility index (Phi) is 18.7. The average molecular weight is 884 g/mol. The van der Waals surface area contributed by atoms with Crippen molar-refractivity contribution in [3.8, 4) is 0 Å². The minimum absolute atomic E-state index is 0.803. The molecule has 2 aliphatic heterocycles. The van der Waals surface area contributed by atoms with Gasteiger partial charge in [-0.2, -0.15) is 0 Å². The summed E-state index contributed by atoms with van der Waals surface area (Å²) in [5, 5.41) is 0. The molecule has 4 rings (SSSR count). The van der Waals surface area contributed by atoms with Crippen LogP contribution in [0.3, 0.4) is 0 Å². The predicted octanol–water partition coefficient (Wildman–Crippen LogP) is 9.07. The van der Waals surface area contributed by atoms with E-state index in [9.17, 15) is 0 Å². The van der Waals surface area contributed by atoms with Gasteiger partial charge in [0.2, 0.25) is 13.3 Å². The first-order chi connectivity index (χ1) is 20.0. The quantitative estimate of drug-likeness (QED) is 0.194. The predicted molar refractivity (Wildman–Crippen MR) is 178 cm³/mol. The van der Waals surface area contributed by atoms with Gasteiger partial charge < -0.3 is 19.6 Å². The Morgan fingerprint density at radius 1 is 0.548 bits per heavy atom. The summed E-state index contributed by atoms with van der Waals surface area (Å²) in [5.74, 6) is 0. The maximum atomic E-state index is 3.75. The van der Waals surface area contributed by atoms with Crippen LogP contribution < -0.4 is 0 Å². The van der Waals surface area contributed by atoms with Crippen LogP contribution in [0.5, 0.6) is 0 Å². The van der Waals surface area contributed by atoms with E-state index < -0.39 is 0 Å². The SMILES string of the molecule is C=CCN1[C]N(Cc2c(C)c(C)cc(C)c2C)C=C1.C=CCN1[C]N(Cc2c(C)c(C)cc(C)c2C)C=C1.[Br][Ag].[Br][Ag]. The molecule has 8 heteroatoms. The van der Waals surface area contributed by atoms with Crippen molar-refractivity contribution < 1.29 is 37.9 Å². The molecule has 2 aromatic carbocycles. The van der Waals surface area contributed by atoms with E-state index in [1.807, 2.05) is 34.4 Å². The standard InChI is InChI=1S/2C17H22N2.2Ag.2BrH/c2*1-6-7-18-8-9-19(12-18)11-17-15(4)13(2)10-14(3)16(17)5;;;;/h2*6,8-10H,1,7,11H2,2-5H3;;;2*1H/q;;2*+1;;/p-2. The Hall–Kier alpha value is -0.959. The van der Waals surface area contributed by atoms with Gasteiger partial charge in [0.25, 0.3) is 0 Å². The molecule has 0 saturated carbocycles. The van der Waals surface area contributed by atoms with Crippen LogP contribution in [0.1, 0.15) is 55.6 Å². The van der Waals surface area contributed by atoms with Crippen LogP contribution in [0.4, 0.5) is 0 Å². The van der Waals surface area contributed by atoms with E-state index in [0.29, 0.717) is 0 Å². The fraction of sp³-hybridized carbons (Fsp3) is 0.353. The molecule has 0 aliphatic carbocycles. The molecule has 4 nitrogen and oxygen atoms in total. The van der Waals surface area contributed by atoms with E-state index in [2.05, 4.69) is 180 Å². The van der Waals surface area contributed by atoms with Crippen molar-refractivity contribution in [1.29, 1.82) is 0 Å². The second-order valence-corrected chi connectivity index (χ2v) is 10.4. The Bertz CT molecular complexity index is 1100. The molecule has 0 amide bonds. The summed E-state index contributed by atoms with van der Waals surface area (Å²) >= 11 is 11.0. The molecule has 236 valence electrons. The first kappa shape index (κ1) is 39.1. The zero-order valence-electron chi connectivity index (χ0n) is 26.0. The fourth-order valence-corrected chi connectivity index (χ4v) is 4.85. The third kappa shape index (κ3) is 11.2. The Morgan fingerprint density at radius 2 is 0.810 bits per heavy atom. The number of hydrogen-bond donors (Lipinski definition) is 0. The number of rotatable bonds is 8. The van der Waals surface area contributed by atoms with Crippen molar-refractivity contribution in [2.24, 2.45) is 0 Å². The number of benzene rings is 2. The summed E-state index contributed by atoms with van der Waals surface area (Å²) in [7, 11) is 0. The monoisotopic (exact) mass is 880 g/mol. The average Bonchev–Trinajstić information content (AvgIpc) is 3.63. The van der Waals surface area contributed by atoms with Gasteiger partial charge >= 0.3 is 63.9 Å². The molecule has 0 atom stereocenters. The molecule has 0 aromatic heterocycles. The van der Waals surface area contributed by atoms with Gasteiger partial charge in [0.05, 0.1) is 0 Å². The van der Waals surface area contributed by atoms with Gasteiger partial charge in [-0.15, -0.1) is 13.2 Å². The number of halogens is 2. The molecule has 42 heavy (non-hydrogen) atoms. The molecule has 2 aliphatic rings. The third-order valence-corrected chi connectivity index (χ3v) is 7.72. The summed E-state index contributed by atoms with van der Waals surface area (Å²) in [6, 6.07) is 4.54. The summed E-state index contributed by atoms with van der Waals surface area (Å²) in [4.78, 5) is 8.25. The Morgan fingerprint density at radius 3 is 1.07 bits per heavy atom. The van der Waals surface area contributed by atoms with Crippen LogP contribution in [0, 0.1) is 68.7 Å². The maximum absolute atomic E-state index is 3.75. The number of aryl methyl sites for hydroxylation is 4. The second kappa shape index (κ2) is 20.1. The zero-order valence-corrected chi connectivity index (χ0v) is 32.1. The van der Waals surface area contributed by atoms with Crippen molar-refractivity contribution in [2.45, 2.75) is 68.5 Å². The molecule has 0 N–H and O–H groups in total. The molecule has 2 aromatic rings. The van der Waals surface area contributed by atoms with E-state index in [-0.39, 0.29) is 0 Å². The van der Waals surface area contributed by atoms with Crippen LogP contribution in [-0.2, 0) is 51.0 Å². The summed E-state index contributed by atoms with van der Waals surface area (Å²) in [6.07, 6.45) is 12.0. The van der Waals surface area contributed by atoms with Crippen molar-refractivity contribution in [1.82, 2.24) is 19.6 Å². The van der Waals surface area contributed by atoms with Gasteiger partial charge in [-0.05, 0) is 111 Å². The molecular formula is C34H44Ag2Br2N4. The minimum atomic E-state index is 0.803. The molecule has 2 heterocycles. The second-order valence-electron chi connectivity index (χ2n) is 10.4. The van der Waals surface area contributed by atoms with Gasteiger partial charge in [0.1, 0.15) is 0 Å². The van der Waals surface area contributed by atoms with Gasteiger partial charge in [-0.1, -0.05) is 24.3 Å². The normalized spacial score (nSPS) is 13.3. The van der Waals surface area contributed by atoms with Gasteiger partial charge in [-0.25, -0.2) is 0 Å². The zero-order chi connectivity index (χ0) is 32.0. The van der Waals surface area contributed by atoms with Crippen molar-refractivity contribution in [3.05, 3.63) is 131 Å². The first-order valence-corrected chi connectivity index (χ1v) is 20.4. The van der Waals surface area contributed by atoms with E-state index in [0.717, 1.165) is 26.2 Å². The molecule has 0 saturated heterocycles. The van der Waals surface area contributed by atoms with Crippen molar-refractivity contribution >= 4 is 26.0 Å². The Balaban J connectivity index is 0.000000376. The molecular weight excluding hydrogens is 840 g/mol. The van der Waals surface area contributed by atoms with E-state index in [4.69, 9.17) is 0 Å². The third-order valence-electron chi connectivity index (χ3n) is 7.72. The van der Waals surface area contributed by atoms with Gasteiger partial charge in [0.15, 0.2) is 0 Å². The van der Waals surface area contributed by atoms with Gasteiger partial charge in [0, 0.05) is 51.0 Å². The number of hydrogen-bond acceptors (Lipinski definition) is 4. The molecule has 0 fully saturated rings. The molecule has 0 unspecified atom stereocenters. The summed E-state index contributed by atoms with van der Waals surface area (Å²) < 4.78 is 0. The van der Waals surface area contributed by atoms with Crippen molar-refractivity contribution in [3.63, 3.8) is 0 Å². The van der Waals surface area contributed by atoms with Gasteiger partial charge in [-0.3, -0.25) is 0 Å². The van der Waals surface area contributed by atoms with Crippen LogP contribution in [0.25, 0.3) is 0 Å².